The Bertz CT molecular complexity index is 1020. The van der Waals surface area contributed by atoms with E-state index in [0.29, 0.717) is 0 Å². The van der Waals surface area contributed by atoms with E-state index in [9.17, 15) is 0 Å². The van der Waals surface area contributed by atoms with Crippen LogP contribution in [0.4, 0.5) is 5.82 Å². The second-order valence-electron chi connectivity index (χ2n) is 8.38. The third-order valence-corrected chi connectivity index (χ3v) is 7.89. The molecular weight excluding hydrogens is 368 g/mol. The van der Waals surface area contributed by atoms with Gasteiger partial charge in [0.15, 0.2) is 5.82 Å². The van der Waals surface area contributed by atoms with Gasteiger partial charge in [-0.1, -0.05) is 6.42 Å². The highest BCUT2D eigenvalue weighted by atomic mass is 32.1. The zero-order valence-electron chi connectivity index (χ0n) is 16.2. The lowest BCUT2D eigenvalue weighted by Gasteiger charge is -2.26. The van der Waals surface area contributed by atoms with E-state index in [1.165, 1.54) is 77.8 Å². The van der Waals surface area contributed by atoms with Crippen LogP contribution >= 0.6 is 11.3 Å². The summed E-state index contributed by atoms with van der Waals surface area (Å²) >= 11 is 1.89. The molecule has 6 rings (SSSR count). The molecule has 7 heteroatoms. The van der Waals surface area contributed by atoms with Crippen molar-refractivity contribution in [2.75, 3.05) is 11.4 Å². The van der Waals surface area contributed by atoms with Crippen LogP contribution < -0.4 is 4.90 Å². The van der Waals surface area contributed by atoms with Crippen molar-refractivity contribution in [3.8, 4) is 0 Å². The summed E-state index contributed by atoms with van der Waals surface area (Å²) in [6, 6.07) is 0.289. The lowest BCUT2D eigenvalue weighted by molar-refractivity contribution is 0.558. The number of aromatic nitrogens is 5. The van der Waals surface area contributed by atoms with Gasteiger partial charge in [0, 0.05) is 24.4 Å². The van der Waals surface area contributed by atoms with Crippen molar-refractivity contribution in [2.24, 2.45) is 0 Å². The van der Waals surface area contributed by atoms with Crippen LogP contribution in [0.2, 0.25) is 0 Å². The maximum absolute atomic E-state index is 4.82. The lowest BCUT2D eigenvalue weighted by Crippen LogP contribution is -2.27. The molecule has 0 N–H and O–H groups in total. The molecule has 1 unspecified atom stereocenters. The molecule has 146 valence electrons. The van der Waals surface area contributed by atoms with E-state index in [-0.39, 0.29) is 6.04 Å². The van der Waals surface area contributed by atoms with Crippen molar-refractivity contribution in [3.05, 3.63) is 28.4 Å². The Kier molecular flexibility index (Phi) is 4.10. The zero-order valence-corrected chi connectivity index (χ0v) is 17.0. The van der Waals surface area contributed by atoms with Crippen LogP contribution in [-0.4, -0.2) is 31.3 Å². The second-order valence-corrected chi connectivity index (χ2v) is 9.46. The number of aryl methyl sites for hydroxylation is 3. The molecule has 6 nitrogen and oxygen atoms in total. The molecule has 0 saturated carbocycles. The fourth-order valence-corrected chi connectivity index (χ4v) is 6.56. The standard InChI is InChI=1S/C21H26N6S/c1-2-10-17-24-25-19(27(17)11-5-1)15-8-6-12-26(15)20-18-14-7-3-4-9-16(14)28-21(18)23-13-22-20/h13,15H,1-12H2. The molecule has 2 aliphatic heterocycles. The molecule has 0 aromatic carbocycles. The van der Waals surface area contributed by atoms with Gasteiger partial charge in [0.1, 0.15) is 22.8 Å². The van der Waals surface area contributed by atoms with E-state index < -0.39 is 0 Å². The van der Waals surface area contributed by atoms with Crippen LogP contribution in [0.15, 0.2) is 6.33 Å². The van der Waals surface area contributed by atoms with Gasteiger partial charge in [0.05, 0.1) is 11.4 Å². The molecule has 5 heterocycles. The maximum atomic E-state index is 4.82. The first-order chi connectivity index (χ1) is 13.9. The summed E-state index contributed by atoms with van der Waals surface area (Å²) in [5.74, 6) is 3.48. The van der Waals surface area contributed by atoms with Crippen LogP contribution in [0.1, 0.15) is 73.1 Å². The maximum Gasteiger partial charge on any atom is 0.155 e. The lowest BCUT2D eigenvalue weighted by atomic mass is 9.97. The van der Waals surface area contributed by atoms with Gasteiger partial charge in [0.2, 0.25) is 0 Å². The van der Waals surface area contributed by atoms with Gasteiger partial charge in [-0.15, -0.1) is 21.5 Å². The van der Waals surface area contributed by atoms with Gasteiger partial charge in [-0.2, -0.15) is 0 Å². The molecule has 1 fully saturated rings. The van der Waals surface area contributed by atoms with Crippen LogP contribution in [0.3, 0.4) is 0 Å². The summed E-state index contributed by atoms with van der Waals surface area (Å²) in [6.45, 7) is 2.11. The minimum absolute atomic E-state index is 0.289. The molecule has 28 heavy (non-hydrogen) atoms. The molecule has 1 atom stereocenters. The minimum Gasteiger partial charge on any atom is -0.346 e. The molecule has 0 amide bonds. The molecular formula is C21H26N6S. The predicted octanol–water partition coefficient (Wildman–Crippen LogP) is 4.23. The van der Waals surface area contributed by atoms with Gasteiger partial charge in [-0.25, -0.2) is 9.97 Å². The van der Waals surface area contributed by atoms with E-state index in [2.05, 4.69) is 24.6 Å². The van der Waals surface area contributed by atoms with Crippen LogP contribution in [0, 0.1) is 0 Å². The van der Waals surface area contributed by atoms with Crippen molar-refractivity contribution < 1.29 is 0 Å². The minimum atomic E-state index is 0.289. The monoisotopic (exact) mass is 394 g/mol. The number of nitrogens with zero attached hydrogens (tertiary/aromatic N) is 6. The highest BCUT2D eigenvalue weighted by Gasteiger charge is 2.34. The van der Waals surface area contributed by atoms with Gasteiger partial charge < -0.3 is 9.47 Å². The topological polar surface area (TPSA) is 59.7 Å². The van der Waals surface area contributed by atoms with E-state index in [4.69, 9.17) is 4.98 Å². The van der Waals surface area contributed by atoms with Gasteiger partial charge >= 0.3 is 0 Å². The predicted molar refractivity (Wildman–Crippen MR) is 111 cm³/mol. The van der Waals surface area contributed by atoms with E-state index in [1.54, 1.807) is 6.33 Å². The Labute approximate surface area is 169 Å². The summed E-state index contributed by atoms with van der Waals surface area (Å²) in [6.07, 6.45) is 13.9. The summed E-state index contributed by atoms with van der Waals surface area (Å²) in [4.78, 5) is 14.7. The van der Waals surface area contributed by atoms with Crippen molar-refractivity contribution >= 4 is 27.4 Å². The second kappa shape index (κ2) is 6.79. The molecule has 3 aliphatic rings. The average Bonchev–Trinajstić information content (AvgIpc) is 3.40. The Morgan fingerprint density at radius 3 is 2.82 bits per heavy atom. The Morgan fingerprint density at radius 2 is 1.82 bits per heavy atom. The normalized spacial score (nSPS) is 22.3. The number of rotatable bonds is 2. The third kappa shape index (κ3) is 2.59. The Morgan fingerprint density at radius 1 is 0.893 bits per heavy atom. The number of anilines is 1. The molecule has 3 aromatic heterocycles. The first-order valence-corrected chi connectivity index (χ1v) is 11.7. The van der Waals surface area contributed by atoms with Gasteiger partial charge in [0.25, 0.3) is 0 Å². The quantitative estimate of drug-likeness (QED) is 0.651. The van der Waals surface area contributed by atoms with Crippen molar-refractivity contribution in [1.82, 2.24) is 24.7 Å². The van der Waals surface area contributed by atoms with Crippen molar-refractivity contribution in [1.29, 1.82) is 0 Å². The number of hydrogen-bond acceptors (Lipinski definition) is 6. The van der Waals surface area contributed by atoms with Gasteiger partial charge in [-0.3, -0.25) is 0 Å². The van der Waals surface area contributed by atoms with Crippen LogP contribution in [0.25, 0.3) is 10.2 Å². The largest absolute Gasteiger partial charge is 0.346 e. The van der Waals surface area contributed by atoms with Gasteiger partial charge in [-0.05, 0) is 56.9 Å². The molecule has 0 spiro atoms. The fourth-order valence-electron chi connectivity index (χ4n) is 5.33. The smallest absolute Gasteiger partial charge is 0.155 e. The first kappa shape index (κ1) is 16.9. The summed E-state index contributed by atoms with van der Waals surface area (Å²) in [5.41, 5.74) is 1.52. The highest BCUT2D eigenvalue weighted by Crippen LogP contribution is 2.43. The first-order valence-electron chi connectivity index (χ1n) is 10.8. The average molecular weight is 395 g/mol. The van der Waals surface area contributed by atoms with E-state index in [0.717, 1.165) is 37.6 Å². The zero-order chi connectivity index (χ0) is 18.5. The summed E-state index contributed by atoms with van der Waals surface area (Å²) in [7, 11) is 0. The molecule has 1 saturated heterocycles. The van der Waals surface area contributed by atoms with E-state index in [1.807, 2.05) is 11.3 Å². The van der Waals surface area contributed by atoms with Crippen LogP contribution in [0.5, 0.6) is 0 Å². The molecule has 0 radical (unpaired) electrons. The number of fused-ring (bicyclic) bond motifs is 4. The highest BCUT2D eigenvalue weighted by molar-refractivity contribution is 7.19. The summed E-state index contributed by atoms with van der Waals surface area (Å²) < 4.78 is 2.41. The molecule has 0 bridgehead atoms. The molecule has 1 aliphatic carbocycles. The Balaban J connectivity index is 1.45. The van der Waals surface area contributed by atoms with Crippen LogP contribution in [-0.2, 0) is 25.8 Å². The third-order valence-electron chi connectivity index (χ3n) is 6.69. The van der Waals surface area contributed by atoms with E-state index >= 15 is 0 Å². The SMILES string of the molecule is c1nc(N2CCCC2c2nnc3n2CCCCC3)c2c3c(sc2n1)CCCC3. The van der Waals surface area contributed by atoms with Crippen molar-refractivity contribution in [3.63, 3.8) is 0 Å². The fraction of sp³-hybridized carbons (Fsp3) is 0.619. The molecule has 3 aromatic rings. The van der Waals surface area contributed by atoms with Crippen molar-refractivity contribution in [2.45, 2.75) is 76.8 Å². The number of hydrogen-bond donors (Lipinski definition) is 0. The summed E-state index contributed by atoms with van der Waals surface area (Å²) in [5, 5.41) is 10.6. The Hall–Kier alpha value is -2.02. The number of thiophene rings is 1.